The lowest BCUT2D eigenvalue weighted by Gasteiger charge is -2.09. The summed E-state index contributed by atoms with van der Waals surface area (Å²) >= 11 is 0. The maximum absolute atomic E-state index is 12.8. The lowest BCUT2D eigenvalue weighted by atomic mass is 10.0. The molecule has 1 atom stereocenters. The van der Waals surface area contributed by atoms with E-state index in [9.17, 15) is 4.39 Å². The Kier molecular flexibility index (Phi) is 4.76. The molecule has 84 valence electrons. The number of benzene rings is 1. The Morgan fingerprint density at radius 2 is 2.13 bits per heavy atom. The third-order valence-corrected chi connectivity index (χ3v) is 2.85. The molecule has 0 aliphatic heterocycles. The van der Waals surface area contributed by atoms with Crippen molar-refractivity contribution in [3.8, 4) is 0 Å². The first-order valence-corrected chi connectivity index (χ1v) is 5.64. The van der Waals surface area contributed by atoms with E-state index in [1.165, 1.54) is 11.6 Å². The average molecular weight is 209 g/mol. The van der Waals surface area contributed by atoms with E-state index in [4.69, 9.17) is 5.73 Å². The van der Waals surface area contributed by atoms with Crippen molar-refractivity contribution in [1.82, 2.24) is 0 Å². The number of hydrogen-bond donors (Lipinski definition) is 1. The maximum atomic E-state index is 12.8. The maximum Gasteiger partial charge on any atom is 0.123 e. The third-order valence-electron chi connectivity index (χ3n) is 2.85. The van der Waals surface area contributed by atoms with Crippen LogP contribution in [0.1, 0.15) is 37.3 Å². The SMILES string of the molecule is CCC(N)CCCc1ccc(F)cc1C. The van der Waals surface area contributed by atoms with E-state index in [0.29, 0.717) is 6.04 Å². The molecule has 2 N–H and O–H groups in total. The van der Waals surface area contributed by atoms with Gasteiger partial charge in [0, 0.05) is 6.04 Å². The van der Waals surface area contributed by atoms with Gasteiger partial charge in [-0.25, -0.2) is 4.39 Å². The van der Waals surface area contributed by atoms with Crippen LogP contribution in [0.5, 0.6) is 0 Å². The Morgan fingerprint density at radius 3 is 2.73 bits per heavy atom. The summed E-state index contributed by atoms with van der Waals surface area (Å²) in [5.41, 5.74) is 8.12. The van der Waals surface area contributed by atoms with Crippen molar-refractivity contribution >= 4 is 0 Å². The normalized spacial score (nSPS) is 12.8. The summed E-state index contributed by atoms with van der Waals surface area (Å²) in [6, 6.07) is 5.31. The summed E-state index contributed by atoms with van der Waals surface area (Å²) in [6.45, 7) is 4.06. The summed E-state index contributed by atoms with van der Waals surface area (Å²) < 4.78 is 12.8. The summed E-state index contributed by atoms with van der Waals surface area (Å²) in [5.74, 6) is -0.151. The number of nitrogens with two attached hydrogens (primary N) is 1. The van der Waals surface area contributed by atoms with Gasteiger partial charge in [-0.05, 0) is 55.9 Å². The molecule has 1 nitrogen and oxygen atoms in total. The highest BCUT2D eigenvalue weighted by Crippen LogP contribution is 2.13. The molecule has 1 aromatic carbocycles. The van der Waals surface area contributed by atoms with Gasteiger partial charge in [-0.2, -0.15) is 0 Å². The highest BCUT2D eigenvalue weighted by atomic mass is 19.1. The molecule has 0 aromatic heterocycles. The molecule has 0 spiro atoms. The Balaban J connectivity index is 2.44. The molecular weight excluding hydrogens is 189 g/mol. The van der Waals surface area contributed by atoms with Crippen molar-refractivity contribution in [2.45, 2.75) is 45.6 Å². The average Bonchev–Trinajstić information content (AvgIpc) is 2.21. The van der Waals surface area contributed by atoms with E-state index in [1.54, 1.807) is 6.07 Å². The summed E-state index contributed by atoms with van der Waals surface area (Å²) in [5, 5.41) is 0. The van der Waals surface area contributed by atoms with Gasteiger partial charge in [0.1, 0.15) is 5.82 Å². The van der Waals surface area contributed by atoms with Gasteiger partial charge in [0.15, 0.2) is 0 Å². The standard InChI is InChI=1S/C13H20FN/c1-3-13(15)6-4-5-11-7-8-12(14)9-10(11)2/h7-9,13H,3-6,15H2,1-2H3. The van der Waals surface area contributed by atoms with E-state index >= 15 is 0 Å². The molecule has 0 amide bonds. The van der Waals surface area contributed by atoms with Crippen LogP contribution in [0.25, 0.3) is 0 Å². The van der Waals surface area contributed by atoms with E-state index < -0.39 is 0 Å². The van der Waals surface area contributed by atoms with Crippen LogP contribution in [0.15, 0.2) is 18.2 Å². The van der Waals surface area contributed by atoms with Gasteiger partial charge in [-0.1, -0.05) is 13.0 Å². The molecule has 1 unspecified atom stereocenters. The van der Waals surface area contributed by atoms with Crippen LogP contribution in [-0.2, 0) is 6.42 Å². The van der Waals surface area contributed by atoms with Crippen molar-refractivity contribution in [2.75, 3.05) is 0 Å². The van der Waals surface area contributed by atoms with Crippen molar-refractivity contribution in [2.24, 2.45) is 5.73 Å². The lowest BCUT2D eigenvalue weighted by Crippen LogP contribution is -2.18. The number of aryl methyl sites for hydroxylation is 2. The quantitative estimate of drug-likeness (QED) is 0.791. The molecule has 0 aliphatic rings. The Hall–Kier alpha value is -0.890. The van der Waals surface area contributed by atoms with Crippen LogP contribution in [0, 0.1) is 12.7 Å². The summed E-state index contributed by atoms with van der Waals surface area (Å²) in [6.07, 6.45) is 4.16. The molecule has 0 bridgehead atoms. The van der Waals surface area contributed by atoms with Gasteiger partial charge >= 0.3 is 0 Å². The zero-order valence-corrected chi connectivity index (χ0v) is 9.59. The highest BCUT2D eigenvalue weighted by Gasteiger charge is 2.02. The predicted octanol–water partition coefficient (Wildman–Crippen LogP) is 3.19. The van der Waals surface area contributed by atoms with Crippen molar-refractivity contribution < 1.29 is 4.39 Å². The first-order chi connectivity index (χ1) is 7.13. The van der Waals surface area contributed by atoms with Gasteiger partial charge < -0.3 is 5.73 Å². The van der Waals surface area contributed by atoms with Gasteiger partial charge in [0.25, 0.3) is 0 Å². The minimum Gasteiger partial charge on any atom is -0.328 e. The van der Waals surface area contributed by atoms with Crippen LogP contribution in [-0.4, -0.2) is 6.04 Å². The van der Waals surface area contributed by atoms with E-state index in [-0.39, 0.29) is 5.82 Å². The molecule has 0 heterocycles. The van der Waals surface area contributed by atoms with E-state index in [1.807, 2.05) is 13.0 Å². The minimum atomic E-state index is -0.151. The van der Waals surface area contributed by atoms with Gasteiger partial charge in [0.2, 0.25) is 0 Å². The molecule has 0 aliphatic carbocycles. The van der Waals surface area contributed by atoms with Crippen molar-refractivity contribution in [1.29, 1.82) is 0 Å². The number of rotatable bonds is 5. The van der Waals surface area contributed by atoms with E-state index in [0.717, 1.165) is 31.2 Å². The zero-order valence-electron chi connectivity index (χ0n) is 9.59. The monoisotopic (exact) mass is 209 g/mol. The van der Waals surface area contributed by atoms with Gasteiger partial charge in [0.05, 0.1) is 0 Å². The summed E-state index contributed by atoms with van der Waals surface area (Å²) in [7, 11) is 0. The molecule has 0 radical (unpaired) electrons. The third kappa shape index (κ3) is 4.00. The lowest BCUT2D eigenvalue weighted by molar-refractivity contribution is 0.567. The van der Waals surface area contributed by atoms with Crippen LogP contribution in [0.2, 0.25) is 0 Å². The molecule has 2 heteroatoms. The second-order valence-electron chi connectivity index (χ2n) is 4.13. The molecule has 1 aromatic rings. The fourth-order valence-electron chi connectivity index (χ4n) is 1.70. The number of hydrogen-bond acceptors (Lipinski definition) is 1. The smallest absolute Gasteiger partial charge is 0.123 e. The van der Waals surface area contributed by atoms with Crippen molar-refractivity contribution in [3.63, 3.8) is 0 Å². The predicted molar refractivity (Wildman–Crippen MR) is 62.3 cm³/mol. The second kappa shape index (κ2) is 5.86. The van der Waals surface area contributed by atoms with Crippen LogP contribution < -0.4 is 5.73 Å². The van der Waals surface area contributed by atoms with Crippen LogP contribution in [0.3, 0.4) is 0 Å². The van der Waals surface area contributed by atoms with Gasteiger partial charge in [-0.3, -0.25) is 0 Å². The van der Waals surface area contributed by atoms with Gasteiger partial charge in [-0.15, -0.1) is 0 Å². The van der Waals surface area contributed by atoms with E-state index in [2.05, 4.69) is 6.92 Å². The number of halogens is 1. The molecular formula is C13H20FN. The Morgan fingerprint density at radius 1 is 1.40 bits per heavy atom. The fraction of sp³-hybridized carbons (Fsp3) is 0.538. The molecule has 0 fully saturated rings. The Bertz CT molecular complexity index is 309. The Labute approximate surface area is 91.5 Å². The first kappa shape index (κ1) is 12.2. The largest absolute Gasteiger partial charge is 0.328 e. The zero-order chi connectivity index (χ0) is 11.3. The van der Waals surface area contributed by atoms with Crippen LogP contribution in [0.4, 0.5) is 4.39 Å². The highest BCUT2D eigenvalue weighted by molar-refractivity contribution is 5.26. The topological polar surface area (TPSA) is 26.0 Å². The first-order valence-electron chi connectivity index (χ1n) is 5.64. The molecule has 15 heavy (non-hydrogen) atoms. The molecule has 0 saturated heterocycles. The second-order valence-corrected chi connectivity index (χ2v) is 4.13. The fourth-order valence-corrected chi connectivity index (χ4v) is 1.70. The summed E-state index contributed by atoms with van der Waals surface area (Å²) in [4.78, 5) is 0. The van der Waals surface area contributed by atoms with Crippen LogP contribution >= 0.6 is 0 Å². The minimum absolute atomic E-state index is 0.151. The molecule has 1 rings (SSSR count). The van der Waals surface area contributed by atoms with Crippen molar-refractivity contribution in [3.05, 3.63) is 35.1 Å². The molecule has 0 saturated carbocycles.